The molecule has 1 unspecified atom stereocenters. The number of ether oxygens (including phenoxy) is 1. The maximum atomic E-state index is 12.5. The summed E-state index contributed by atoms with van der Waals surface area (Å²) in [5.41, 5.74) is 2.37. The van der Waals surface area contributed by atoms with Crippen molar-refractivity contribution in [2.45, 2.75) is 25.8 Å². The summed E-state index contributed by atoms with van der Waals surface area (Å²) in [7, 11) is 0. The van der Waals surface area contributed by atoms with Gasteiger partial charge in [-0.25, -0.2) is 0 Å². The fourth-order valence-electron chi connectivity index (χ4n) is 3.38. The first-order valence-corrected chi connectivity index (χ1v) is 9.50. The van der Waals surface area contributed by atoms with Crippen molar-refractivity contribution in [3.8, 4) is 23.3 Å². The number of likely N-dealkylation sites (tertiary alicyclic amines) is 1. The van der Waals surface area contributed by atoms with Crippen LogP contribution in [-0.2, 0) is 11.3 Å². The lowest BCUT2D eigenvalue weighted by Gasteiger charge is -2.16. The fraction of sp³-hybridized carbons (Fsp3) is 0.273. The van der Waals surface area contributed by atoms with Crippen LogP contribution in [-0.4, -0.2) is 34.1 Å². The molecular formula is C22H20N4O3. The standard InChI is InChI=1S/C22H20N4O3/c1-2-28-19-9-5-16(6-10-19)13-26-14-18(11-20(26)27)21-24-22(29-25-21)17-7-3-15(12-23)4-8-17/h3-10,18H,2,11,13-14H2,1H3. The first-order valence-electron chi connectivity index (χ1n) is 9.50. The van der Waals surface area contributed by atoms with Gasteiger partial charge in [0.05, 0.1) is 18.2 Å². The molecule has 1 aliphatic rings. The van der Waals surface area contributed by atoms with Crippen LogP contribution in [0.25, 0.3) is 11.5 Å². The number of rotatable bonds is 6. The molecule has 0 spiro atoms. The zero-order valence-corrected chi connectivity index (χ0v) is 16.0. The summed E-state index contributed by atoms with van der Waals surface area (Å²) >= 11 is 0. The van der Waals surface area contributed by atoms with Crippen molar-refractivity contribution < 1.29 is 14.1 Å². The van der Waals surface area contributed by atoms with E-state index in [1.807, 2.05) is 36.1 Å². The number of nitriles is 1. The van der Waals surface area contributed by atoms with Gasteiger partial charge in [0, 0.05) is 31.0 Å². The quantitative estimate of drug-likeness (QED) is 0.641. The highest BCUT2D eigenvalue weighted by atomic mass is 16.5. The Bertz CT molecular complexity index is 1040. The molecular weight excluding hydrogens is 368 g/mol. The minimum absolute atomic E-state index is 0.0774. The molecule has 2 aromatic carbocycles. The lowest BCUT2D eigenvalue weighted by Crippen LogP contribution is -2.24. The van der Waals surface area contributed by atoms with Gasteiger partial charge in [0.25, 0.3) is 5.89 Å². The molecule has 4 rings (SSSR count). The second-order valence-electron chi connectivity index (χ2n) is 6.90. The third kappa shape index (κ3) is 4.11. The van der Waals surface area contributed by atoms with E-state index in [0.29, 0.717) is 43.4 Å². The zero-order chi connectivity index (χ0) is 20.2. The van der Waals surface area contributed by atoms with Gasteiger partial charge >= 0.3 is 0 Å². The lowest BCUT2D eigenvalue weighted by molar-refractivity contribution is -0.128. The molecule has 0 N–H and O–H groups in total. The van der Waals surface area contributed by atoms with Gasteiger partial charge in [-0.3, -0.25) is 4.79 Å². The minimum atomic E-state index is -0.0962. The molecule has 3 aromatic rings. The number of carbonyl (C=O) groups is 1. The number of nitrogens with zero attached hydrogens (tertiary/aromatic N) is 4. The highest BCUT2D eigenvalue weighted by Crippen LogP contribution is 2.29. The van der Waals surface area contributed by atoms with Crippen LogP contribution in [0.15, 0.2) is 53.1 Å². The molecule has 1 aliphatic heterocycles. The largest absolute Gasteiger partial charge is 0.494 e. The van der Waals surface area contributed by atoms with Gasteiger partial charge in [-0.1, -0.05) is 17.3 Å². The van der Waals surface area contributed by atoms with Crippen molar-refractivity contribution in [2.24, 2.45) is 0 Å². The second-order valence-corrected chi connectivity index (χ2v) is 6.90. The molecule has 1 fully saturated rings. The molecule has 7 heteroatoms. The normalized spacial score (nSPS) is 16.1. The summed E-state index contributed by atoms with van der Waals surface area (Å²) in [4.78, 5) is 18.8. The number of aromatic nitrogens is 2. The Kier molecular flexibility index (Phi) is 5.25. The molecule has 29 heavy (non-hydrogen) atoms. The molecule has 0 bridgehead atoms. The van der Waals surface area contributed by atoms with E-state index in [-0.39, 0.29) is 11.8 Å². The van der Waals surface area contributed by atoms with Gasteiger partial charge < -0.3 is 14.2 Å². The molecule has 1 aromatic heterocycles. The first-order chi connectivity index (χ1) is 14.2. The molecule has 0 aliphatic carbocycles. The highest BCUT2D eigenvalue weighted by Gasteiger charge is 2.33. The van der Waals surface area contributed by atoms with Crippen LogP contribution in [0.4, 0.5) is 0 Å². The van der Waals surface area contributed by atoms with E-state index < -0.39 is 0 Å². The van der Waals surface area contributed by atoms with Crippen LogP contribution >= 0.6 is 0 Å². The van der Waals surface area contributed by atoms with Gasteiger partial charge in [-0.15, -0.1) is 0 Å². The van der Waals surface area contributed by atoms with Crippen LogP contribution in [0.5, 0.6) is 5.75 Å². The van der Waals surface area contributed by atoms with Crippen molar-refractivity contribution in [2.75, 3.05) is 13.2 Å². The van der Waals surface area contributed by atoms with E-state index in [1.165, 1.54) is 0 Å². The number of hydrogen-bond acceptors (Lipinski definition) is 6. The van der Waals surface area contributed by atoms with Crippen molar-refractivity contribution >= 4 is 5.91 Å². The summed E-state index contributed by atoms with van der Waals surface area (Å²) in [5, 5.41) is 13.0. The Labute approximate surface area is 168 Å². The number of hydrogen-bond donors (Lipinski definition) is 0. The third-order valence-electron chi connectivity index (χ3n) is 4.89. The molecule has 1 atom stereocenters. The average Bonchev–Trinajstić information content (AvgIpc) is 3.37. The summed E-state index contributed by atoms with van der Waals surface area (Å²) in [6.45, 7) is 3.67. The number of benzene rings is 2. The average molecular weight is 388 g/mol. The summed E-state index contributed by atoms with van der Waals surface area (Å²) in [6.07, 6.45) is 0.364. The summed E-state index contributed by atoms with van der Waals surface area (Å²) < 4.78 is 10.8. The van der Waals surface area contributed by atoms with Gasteiger partial charge in [-0.05, 0) is 48.9 Å². The van der Waals surface area contributed by atoms with Crippen LogP contribution in [0.2, 0.25) is 0 Å². The van der Waals surface area contributed by atoms with E-state index in [0.717, 1.165) is 16.9 Å². The number of amides is 1. The lowest BCUT2D eigenvalue weighted by atomic mass is 10.1. The van der Waals surface area contributed by atoms with E-state index >= 15 is 0 Å². The van der Waals surface area contributed by atoms with E-state index in [1.54, 1.807) is 24.3 Å². The maximum Gasteiger partial charge on any atom is 0.257 e. The Hall–Kier alpha value is -3.66. The van der Waals surface area contributed by atoms with Gasteiger partial charge in [0.15, 0.2) is 5.82 Å². The van der Waals surface area contributed by atoms with Crippen molar-refractivity contribution in [1.82, 2.24) is 15.0 Å². The smallest absolute Gasteiger partial charge is 0.257 e. The van der Waals surface area contributed by atoms with Crippen LogP contribution in [0, 0.1) is 11.3 Å². The molecule has 2 heterocycles. The Morgan fingerprint density at radius 2 is 1.97 bits per heavy atom. The van der Waals surface area contributed by atoms with E-state index in [9.17, 15) is 4.79 Å². The molecule has 1 amide bonds. The molecule has 0 saturated carbocycles. The topological polar surface area (TPSA) is 92.2 Å². The third-order valence-corrected chi connectivity index (χ3v) is 4.89. The molecule has 146 valence electrons. The predicted molar refractivity (Wildman–Crippen MR) is 105 cm³/mol. The van der Waals surface area contributed by atoms with Gasteiger partial charge in [0.2, 0.25) is 5.91 Å². The van der Waals surface area contributed by atoms with Gasteiger partial charge in [0.1, 0.15) is 5.75 Å². The fourth-order valence-corrected chi connectivity index (χ4v) is 3.38. The summed E-state index contributed by atoms with van der Waals surface area (Å²) in [6, 6.07) is 16.8. The summed E-state index contributed by atoms with van der Waals surface area (Å²) in [5.74, 6) is 1.73. The van der Waals surface area contributed by atoms with Crippen molar-refractivity contribution in [3.63, 3.8) is 0 Å². The highest BCUT2D eigenvalue weighted by molar-refractivity contribution is 5.79. The Balaban J connectivity index is 1.42. The maximum absolute atomic E-state index is 12.5. The molecule has 0 radical (unpaired) electrons. The van der Waals surface area contributed by atoms with Crippen LogP contribution in [0.1, 0.15) is 36.2 Å². The Morgan fingerprint density at radius 3 is 2.66 bits per heavy atom. The predicted octanol–water partition coefficient (Wildman–Crippen LogP) is 3.52. The van der Waals surface area contributed by atoms with Crippen LogP contribution < -0.4 is 4.74 Å². The van der Waals surface area contributed by atoms with Crippen LogP contribution in [0.3, 0.4) is 0 Å². The second kappa shape index (κ2) is 8.15. The first kappa shape index (κ1) is 18.7. The SMILES string of the molecule is CCOc1ccc(CN2CC(c3noc(-c4ccc(C#N)cc4)n3)CC2=O)cc1. The molecule has 7 nitrogen and oxygen atoms in total. The molecule has 1 saturated heterocycles. The minimum Gasteiger partial charge on any atom is -0.494 e. The Morgan fingerprint density at radius 1 is 1.21 bits per heavy atom. The monoisotopic (exact) mass is 388 g/mol. The number of carbonyl (C=O) groups excluding carboxylic acids is 1. The van der Waals surface area contributed by atoms with E-state index in [4.69, 9.17) is 14.5 Å². The zero-order valence-electron chi connectivity index (χ0n) is 16.0. The van der Waals surface area contributed by atoms with E-state index in [2.05, 4.69) is 16.2 Å². The van der Waals surface area contributed by atoms with Crippen molar-refractivity contribution in [3.05, 3.63) is 65.5 Å². The van der Waals surface area contributed by atoms with Gasteiger partial charge in [-0.2, -0.15) is 10.2 Å². The van der Waals surface area contributed by atoms with Crippen molar-refractivity contribution in [1.29, 1.82) is 5.26 Å².